The lowest BCUT2D eigenvalue weighted by Crippen LogP contribution is -2.49. The summed E-state index contributed by atoms with van der Waals surface area (Å²) in [5, 5.41) is 10.6. The van der Waals surface area contributed by atoms with Gasteiger partial charge in [0.1, 0.15) is 5.75 Å². The number of carbonyl (C=O) groups is 2. The molecule has 4 rings (SSSR count). The summed E-state index contributed by atoms with van der Waals surface area (Å²) in [6.07, 6.45) is 3.24. The Morgan fingerprint density at radius 1 is 1.00 bits per heavy atom. The van der Waals surface area contributed by atoms with E-state index in [-0.39, 0.29) is 18.6 Å². The fraction of sp³-hybridized carbons (Fsp3) is 0.533. The Bertz CT molecular complexity index is 1100. The van der Waals surface area contributed by atoms with Crippen LogP contribution >= 0.6 is 0 Å². The summed E-state index contributed by atoms with van der Waals surface area (Å²) in [5.74, 6) is 0.132. The summed E-state index contributed by atoms with van der Waals surface area (Å²) in [6.45, 7) is 8.24. The summed E-state index contributed by atoms with van der Waals surface area (Å²) >= 11 is 0. The van der Waals surface area contributed by atoms with Crippen molar-refractivity contribution < 1.29 is 28.9 Å². The van der Waals surface area contributed by atoms with Gasteiger partial charge in [0.2, 0.25) is 12.7 Å². The van der Waals surface area contributed by atoms with Crippen molar-refractivity contribution in [3.05, 3.63) is 53.6 Å². The van der Waals surface area contributed by atoms with Crippen molar-refractivity contribution in [3.63, 3.8) is 0 Å². The average Bonchev–Trinajstić information content (AvgIpc) is 3.56. The zero-order valence-corrected chi connectivity index (χ0v) is 22.9. The number of ether oxygens (including phenoxy) is 3. The van der Waals surface area contributed by atoms with E-state index in [9.17, 15) is 14.7 Å². The molecule has 0 saturated carbocycles. The summed E-state index contributed by atoms with van der Waals surface area (Å²) in [6, 6.07) is 12.4. The van der Waals surface area contributed by atoms with Gasteiger partial charge in [-0.05, 0) is 54.7 Å². The number of aliphatic carboxylic acids is 1. The average molecular weight is 525 g/mol. The molecular weight excluding hydrogens is 484 g/mol. The minimum absolute atomic E-state index is 0.0875. The highest BCUT2D eigenvalue weighted by Crippen LogP contribution is 2.49. The standard InChI is InChI=1S/C30H40N2O6/c1-5-8-24(29(33)31(15-6-2)16-7-3)32-18-23(21-11-14-25-26(17-21)38-19-37-25)27(30(34)35)28(32)20-9-12-22(36-4)13-10-20/h9-14,17,23-24,27-28H,5-8,15-16,18-19H2,1-4H3,(H,34,35)/t23-,24+,27+,28-/m0/s1. The predicted octanol–water partition coefficient (Wildman–Crippen LogP) is 5.08. The van der Waals surface area contributed by atoms with Crippen molar-refractivity contribution in [2.45, 2.75) is 64.5 Å². The van der Waals surface area contributed by atoms with Crippen LogP contribution in [0.25, 0.3) is 0 Å². The Kier molecular flexibility index (Phi) is 9.15. The van der Waals surface area contributed by atoms with Gasteiger partial charge in [-0.25, -0.2) is 0 Å². The highest BCUT2D eigenvalue weighted by atomic mass is 16.7. The van der Waals surface area contributed by atoms with Crippen LogP contribution in [-0.2, 0) is 9.59 Å². The summed E-state index contributed by atoms with van der Waals surface area (Å²) < 4.78 is 16.5. The molecule has 1 N–H and O–H groups in total. The predicted molar refractivity (Wildman–Crippen MR) is 145 cm³/mol. The summed E-state index contributed by atoms with van der Waals surface area (Å²) in [7, 11) is 1.61. The first-order valence-electron chi connectivity index (χ1n) is 13.7. The van der Waals surface area contributed by atoms with Crippen molar-refractivity contribution >= 4 is 11.9 Å². The van der Waals surface area contributed by atoms with Crippen LogP contribution in [0.2, 0.25) is 0 Å². The second-order valence-electron chi connectivity index (χ2n) is 10.1. The van der Waals surface area contributed by atoms with Crippen molar-refractivity contribution in [2.75, 3.05) is 33.5 Å². The fourth-order valence-electron chi connectivity index (χ4n) is 5.95. The molecule has 1 amide bonds. The number of hydrogen-bond acceptors (Lipinski definition) is 6. The first kappa shape index (κ1) is 27.8. The van der Waals surface area contributed by atoms with Gasteiger partial charge in [0.25, 0.3) is 0 Å². The lowest BCUT2D eigenvalue weighted by atomic mass is 9.82. The monoisotopic (exact) mass is 524 g/mol. The lowest BCUT2D eigenvalue weighted by molar-refractivity contribution is -0.145. The molecule has 0 radical (unpaired) electrons. The number of methoxy groups -OCH3 is 1. The second kappa shape index (κ2) is 12.5. The van der Waals surface area contributed by atoms with Gasteiger partial charge >= 0.3 is 5.97 Å². The number of carboxylic acids is 1. The zero-order valence-electron chi connectivity index (χ0n) is 22.9. The Labute approximate surface area is 225 Å². The van der Waals surface area contributed by atoms with E-state index < -0.39 is 24.0 Å². The summed E-state index contributed by atoms with van der Waals surface area (Å²) in [5.41, 5.74) is 1.75. The molecule has 1 saturated heterocycles. The van der Waals surface area contributed by atoms with E-state index in [2.05, 4.69) is 25.7 Å². The van der Waals surface area contributed by atoms with Crippen LogP contribution in [0, 0.1) is 5.92 Å². The van der Waals surface area contributed by atoms with Crippen LogP contribution < -0.4 is 14.2 Å². The highest BCUT2D eigenvalue weighted by Gasteiger charge is 2.51. The molecule has 2 aliphatic rings. The van der Waals surface area contributed by atoms with Crippen molar-refractivity contribution in [3.8, 4) is 17.2 Å². The molecule has 8 heteroatoms. The van der Waals surface area contributed by atoms with Crippen LogP contribution in [0.15, 0.2) is 42.5 Å². The van der Waals surface area contributed by atoms with Crippen LogP contribution in [0.1, 0.15) is 69.5 Å². The molecule has 0 bridgehead atoms. The van der Waals surface area contributed by atoms with Gasteiger partial charge in [0, 0.05) is 31.6 Å². The molecule has 38 heavy (non-hydrogen) atoms. The molecule has 206 valence electrons. The normalized spacial score (nSPS) is 21.3. The second-order valence-corrected chi connectivity index (χ2v) is 10.1. The van der Waals surface area contributed by atoms with E-state index in [0.717, 1.165) is 30.4 Å². The van der Waals surface area contributed by atoms with E-state index in [4.69, 9.17) is 14.2 Å². The molecule has 2 heterocycles. The van der Waals surface area contributed by atoms with Crippen LogP contribution in [-0.4, -0.2) is 66.4 Å². The van der Waals surface area contributed by atoms with E-state index >= 15 is 0 Å². The molecule has 0 unspecified atom stereocenters. The Morgan fingerprint density at radius 3 is 2.26 bits per heavy atom. The third kappa shape index (κ3) is 5.60. The van der Waals surface area contributed by atoms with Crippen LogP contribution in [0.3, 0.4) is 0 Å². The molecule has 1 fully saturated rings. The topological polar surface area (TPSA) is 88.5 Å². The number of amides is 1. The quantitative estimate of drug-likeness (QED) is 0.414. The number of nitrogens with zero attached hydrogens (tertiary/aromatic N) is 2. The van der Waals surface area contributed by atoms with E-state index in [1.165, 1.54) is 0 Å². The van der Waals surface area contributed by atoms with Gasteiger partial charge < -0.3 is 24.2 Å². The van der Waals surface area contributed by atoms with E-state index in [1.807, 2.05) is 47.4 Å². The SMILES string of the molecule is CCC[C@H](C(=O)N(CCC)CCC)N1C[C@@H](c2ccc3c(c2)OCO3)[C@@H](C(=O)O)[C@@H]1c1ccc(OC)cc1. The maximum atomic E-state index is 14.0. The molecule has 0 aromatic heterocycles. The Morgan fingerprint density at radius 2 is 1.66 bits per heavy atom. The Hall–Kier alpha value is -3.26. The molecule has 0 spiro atoms. The zero-order chi connectivity index (χ0) is 27.2. The lowest BCUT2D eigenvalue weighted by Gasteiger charge is -2.36. The smallest absolute Gasteiger partial charge is 0.309 e. The maximum absolute atomic E-state index is 14.0. The van der Waals surface area contributed by atoms with Gasteiger partial charge in [-0.3, -0.25) is 14.5 Å². The fourth-order valence-corrected chi connectivity index (χ4v) is 5.95. The number of benzene rings is 2. The van der Waals surface area contributed by atoms with Gasteiger partial charge in [0.15, 0.2) is 11.5 Å². The van der Waals surface area contributed by atoms with Crippen LogP contribution in [0.4, 0.5) is 0 Å². The van der Waals surface area contributed by atoms with Crippen molar-refractivity contribution in [1.82, 2.24) is 9.80 Å². The van der Waals surface area contributed by atoms with Gasteiger partial charge in [-0.1, -0.05) is 45.4 Å². The van der Waals surface area contributed by atoms with E-state index in [0.29, 0.717) is 43.3 Å². The van der Waals surface area contributed by atoms with Crippen LogP contribution in [0.5, 0.6) is 17.2 Å². The van der Waals surface area contributed by atoms with Crippen molar-refractivity contribution in [1.29, 1.82) is 0 Å². The Balaban J connectivity index is 1.80. The highest BCUT2D eigenvalue weighted by molar-refractivity contribution is 5.82. The van der Waals surface area contributed by atoms with Gasteiger partial charge in [0.05, 0.1) is 19.1 Å². The summed E-state index contributed by atoms with van der Waals surface area (Å²) in [4.78, 5) is 31.1. The van der Waals surface area contributed by atoms with E-state index in [1.54, 1.807) is 7.11 Å². The largest absolute Gasteiger partial charge is 0.497 e. The number of fused-ring (bicyclic) bond motifs is 1. The number of hydrogen-bond donors (Lipinski definition) is 1. The molecular formula is C30H40N2O6. The number of carboxylic acid groups (broad SMARTS) is 1. The molecule has 0 aliphatic carbocycles. The minimum Gasteiger partial charge on any atom is -0.497 e. The number of rotatable bonds is 12. The first-order valence-corrected chi connectivity index (χ1v) is 13.7. The maximum Gasteiger partial charge on any atom is 0.309 e. The molecule has 8 nitrogen and oxygen atoms in total. The third-order valence-corrected chi connectivity index (χ3v) is 7.65. The number of carbonyl (C=O) groups excluding carboxylic acids is 1. The minimum atomic E-state index is -0.877. The first-order chi connectivity index (χ1) is 18.4. The molecule has 2 aromatic rings. The van der Waals surface area contributed by atoms with Crippen molar-refractivity contribution in [2.24, 2.45) is 5.92 Å². The molecule has 2 aliphatic heterocycles. The molecule has 4 atom stereocenters. The third-order valence-electron chi connectivity index (χ3n) is 7.65. The molecule has 2 aromatic carbocycles. The van der Waals surface area contributed by atoms with Gasteiger partial charge in [-0.15, -0.1) is 0 Å². The number of likely N-dealkylation sites (tertiary alicyclic amines) is 1. The van der Waals surface area contributed by atoms with Gasteiger partial charge in [-0.2, -0.15) is 0 Å².